The summed E-state index contributed by atoms with van der Waals surface area (Å²) in [7, 11) is -3.09. The molecule has 5 rings (SSSR count). The molecule has 0 amide bonds. The summed E-state index contributed by atoms with van der Waals surface area (Å²) in [5.41, 5.74) is 6.02. The van der Waals surface area contributed by atoms with Gasteiger partial charge in [0.1, 0.15) is 5.82 Å². The number of sulfone groups is 1. The first kappa shape index (κ1) is 18.1. The van der Waals surface area contributed by atoms with Crippen LogP contribution >= 0.6 is 0 Å². The Morgan fingerprint density at radius 3 is 2.55 bits per heavy atom. The maximum atomic E-state index is 11.5. The molecule has 0 unspecified atom stereocenters. The fourth-order valence-electron chi connectivity index (χ4n) is 4.18. The normalized spacial score (nSPS) is 16.2. The molecule has 146 valence electrons. The Morgan fingerprint density at radius 1 is 1.03 bits per heavy atom. The lowest BCUT2D eigenvalue weighted by molar-refractivity contribution is 0.600. The second-order valence-corrected chi connectivity index (χ2v) is 9.82. The van der Waals surface area contributed by atoms with Crippen molar-refractivity contribution < 1.29 is 8.42 Å². The lowest BCUT2D eigenvalue weighted by Gasteiger charge is -2.15. The Kier molecular flexibility index (Phi) is 4.24. The van der Waals surface area contributed by atoms with E-state index in [0.29, 0.717) is 11.7 Å². The van der Waals surface area contributed by atoms with Crippen LogP contribution in [0.25, 0.3) is 22.2 Å². The van der Waals surface area contributed by atoms with Gasteiger partial charge < -0.3 is 4.57 Å². The van der Waals surface area contributed by atoms with E-state index in [2.05, 4.69) is 52.0 Å². The predicted octanol–water partition coefficient (Wildman–Crippen LogP) is 4.18. The molecule has 2 aromatic carbocycles. The molecule has 0 fully saturated rings. The minimum absolute atomic E-state index is 0.0405. The molecule has 1 atom stereocenters. The summed E-state index contributed by atoms with van der Waals surface area (Å²) in [6.07, 6.45) is 5.01. The minimum atomic E-state index is -3.09. The molecule has 3 heterocycles. The van der Waals surface area contributed by atoms with Gasteiger partial charge in [-0.2, -0.15) is 0 Å². The standard InChI is InChI=1S/C23H21N3O2S/c1-29(27,28)15-19-9-7-18(14-24-19)17-8-10-20-22(13-17)26-21(11-12-23(26)25-20)16-5-3-2-4-6-16/h2-10,13-14,21H,11-12,15H2,1H3/t21-/m0/s1. The first-order valence-electron chi connectivity index (χ1n) is 9.67. The molecule has 0 spiro atoms. The Hall–Kier alpha value is -2.99. The van der Waals surface area contributed by atoms with E-state index in [9.17, 15) is 8.42 Å². The molecule has 0 bridgehead atoms. The zero-order valence-corrected chi connectivity index (χ0v) is 16.9. The van der Waals surface area contributed by atoms with Crippen LogP contribution in [0.4, 0.5) is 0 Å². The second-order valence-electron chi connectivity index (χ2n) is 7.67. The zero-order chi connectivity index (χ0) is 20.0. The van der Waals surface area contributed by atoms with Crippen molar-refractivity contribution in [3.8, 4) is 11.1 Å². The molecule has 1 aliphatic heterocycles. The quantitative estimate of drug-likeness (QED) is 0.513. The number of hydrogen-bond acceptors (Lipinski definition) is 4. The van der Waals surface area contributed by atoms with Crippen LogP contribution in [-0.4, -0.2) is 29.2 Å². The zero-order valence-electron chi connectivity index (χ0n) is 16.1. The monoisotopic (exact) mass is 403 g/mol. The van der Waals surface area contributed by atoms with Gasteiger partial charge in [0.25, 0.3) is 0 Å². The van der Waals surface area contributed by atoms with E-state index < -0.39 is 9.84 Å². The van der Waals surface area contributed by atoms with Crippen LogP contribution < -0.4 is 0 Å². The molecule has 6 heteroatoms. The highest BCUT2D eigenvalue weighted by Crippen LogP contribution is 2.36. The maximum absolute atomic E-state index is 11.5. The van der Waals surface area contributed by atoms with E-state index in [1.165, 1.54) is 11.8 Å². The van der Waals surface area contributed by atoms with Gasteiger partial charge >= 0.3 is 0 Å². The lowest BCUT2D eigenvalue weighted by Crippen LogP contribution is -2.05. The van der Waals surface area contributed by atoms with Gasteiger partial charge in [-0.3, -0.25) is 4.98 Å². The topological polar surface area (TPSA) is 64.8 Å². The van der Waals surface area contributed by atoms with Crippen molar-refractivity contribution in [1.82, 2.24) is 14.5 Å². The fraction of sp³-hybridized carbons (Fsp3) is 0.217. The van der Waals surface area contributed by atoms with Gasteiger partial charge in [-0.25, -0.2) is 13.4 Å². The Bertz CT molecular complexity index is 1290. The van der Waals surface area contributed by atoms with Crippen molar-refractivity contribution in [3.05, 3.63) is 83.9 Å². The molecule has 0 saturated heterocycles. The summed E-state index contributed by atoms with van der Waals surface area (Å²) in [6, 6.07) is 20.9. The molecule has 5 nitrogen and oxygen atoms in total. The second kappa shape index (κ2) is 6.81. The van der Waals surface area contributed by atoms with Gasteiger partial charge in [-0.15, -0.1) is 0 Å². The predicted molar refractivity (Wildman–Crippen MR) is 114 cm³/mol. The largest absolute Gasteiger partial charge is 0.320 e. The highest BCUT2D eigenvalue weighted by molar-refractivity contribution is 7.89. The average molecular weight is 404 g/mol. The molecular formula is C23H21N3O2S. The van der Waals surface area contributed by atoms with E-state index in [0.717, 1.165) is 40.8 Å². The van der Waals surface area contributed by atoms with Crippen LogP contribution in [-0.2, 0) is 22.0 Å². The van der Waals surface area contributed by atoms with Gasteiger partial charge in [0, 0.05) is 24.4 Å². The van der Waals surface area contributed by atoms with E-state index in [-0.39, 0.29) is 5.75 Å². The lowest BCUT2D eigenvalue weighted by atomic mass is 10.0. The van der Waals surface area contributed by atoms with E-state index in [1.54, 1.807) is 12.3 Å². The Morgan fingerprint density at radius 2 is 1.83 bits per heavy atom. The first-order chi connectivity index (χ1) is 14.0. The van der Waals surface area contributed by atoms with Crippen molar-refractivity contribution >= 4 is 20.9 Å². The molecule has 29 heavy (non-hydrogen) atoms. The van der Waals surface area contributed by atoms with Gasteiger partial charge in [0.15, 0.2) is 9.84 Å². The third-order valence-electron chi connectivity index (χ3n) is 5.47. The third-order valence-corrected chi connectivity index (χ3v) is 6.29. The summed E-state index contributed by atoms with van der Waals surface area (Å²) < 4.78 is 25.3. The molecule has 0 saturated carbocycles. The van der Waals surface area contributed by atoms with Crippen molar-refractivity contribution in [2.75, 3.05) is 6.26 Å². The number of aromatic nitrogens is 3. The van der Waals surface area contributed by atoms with Gasteiger partial charge in [-0.1, -0.05) is 42.5 Å². The number of rotatable bonds is 4. The molecule has 2 aromatic heterocycles. The van der Waals surface area contributed by atoms with E-state index >= 15 is 0 Å². The summed E-state index contributed by atoms with van der Waals surface area (Å²) in [4.78, 5) is 9.18. The van der Waals surface area contributed by atoms with Gasteiger partial charge in [0.05, 0.1) is 28.5 Å². The van der Waals surface area contributed by atoms with Crippen LogP contribution in [0, 0.1) is 0 Å². The van der Waals surface area contributed by atoms with Gasteiger partial charge in [-0.05, 0) is 35.7 Å². The van der Waals surface area contributed by atoms with Crippen LogP contribution in [0.15, 0.2) is 66.9 Å². The smallest absolute Gasteiger partial charge is 0.153 e. The maximum Gasteiger partial charge on any atom is 0.153 e. The van der Waals surface area contributed by atoms with Crippen LogP contribution in [0.5, 0.6) is 0 Å². The number of hydrogen-bond donors (Lipinski definition) is 0. The average Bonchev–Trinajstić information content (AvgIpc) is 3.27. The first-order valence-corrected chi connectivity index (χ1v) is 11.7. The minimum Gasteiger partial charge on any atom is -0.320 e. The van der Waals surface area contributed by atoms with Crippen LogP contribution in [0.1, 0.15) is 29.5 Å². The SMILES string of the molecule is CS(=O)(=O)Cc1ccc(-c2ccc3nc4n(c3c2)[C@H](c2ccccc2)CC4)cn1. The van der Waals surface area contributed by atoms with E-state index in [1.807, 2.05) is 12.1 Å². The highest BCUT2D eigenvalue weighted by Gasteiger charge is 2.27. The van der Waals surface area contributed by atoms with Crippen LogP contribution in [0.2, 0.25) is 0 Å². The fourth-order valence-corrected chi connectivity index (χ4v) is 4.89. The number of benzene rings is 2. The molecule has 0 radical (unpaired) electrons. The summed E-state index contributed by atoms with van der Waals surface area (Å²) in [5.74, 6) is 1.09. The number of nitrogens with zero attached hydrogens (tertiary/aromatic N) is 3. The number of aryl methyl sites for hydroxylation is 1. The summed E-state index contributed by atoms with van der Waals surface area (Å²) in [5, 5.41) is 0. The molecule has 4 aromatic rings. The number of pyridine rings is 1. The van der Waals surface area contributed by atoms with E-state index in [4.69, 9.17) is 4.98 Å². The van der Waals surface area contributed by atoms with Crippen molar-refractivity contribution in [3.63, 3.8) is 0 Å². The van der Waals surface area contributed by atoms with Gasteiger partial charge in [0.2, 0.25) is 0 Å². The van der Waals surface area contributed by atoms with Crippen LogP contribution in [0.3, 0.4) is 0 Å². The number of fused-ring (bicyclic) bond motifs is 3. The number of imidazole rings is 1. The van der Waals surface area contributed by atoms with Crippen molar-refractivity contribution in [1.29, 1.82) is 0 Å². The summed E-state index contributed by atoms with van der Waals surface area (Å²) in [6.45, 7) is 0. The Labute approximate surface area is 170 Å². The Balaban J connectivity index is 1.54. The molecular weight excluding hydrogens is 382 g/mol. The highest BCUT2D eigenvalue weighted by atomic mass is 32.2. The third kappa shape index (κ3) is 3.44. The molecule has 0 N–H and O–H groups in total. The van der Waals surface area contributed by atoms with Crippen molar-refractivity contribution in [2.24, 2.45) is 0 Å². The van der Waals surface area contributed by atoms with Crippen molar-refractivity contribution in [2.45, 2.75) is 24.6 Å². The molecule has 1 aliphatic rings. The molecule has 0 aliphatic carbocycles. The summed E-state index contributed by atoms with van der Waals surface area (Å²) >= 11 is 0.